The molecule has 140 valence electrons. The SMILES string of the molecule is Cl.Clc1ccc(Cl)c(Nc2nc(N3CCCC3)nc(N3CCCC3)n2)c1. The topological polar surface area (TPSA) is 57.2 Å². The number of hydrogen-bond donors (Lipinski definition) is 1. The van der Waals surface area contributed by atoms with E-state index >= 15 is 0 Å². The Morgan fingerprint density at radius 1 is 0.808 bits per heavy atom. The Bertz CT molecular complexity index is 726. The van der Waals surface area contributed by atoms with Crippen molar-refractivity contribution >= 4 is 59.1 Å². The highest BCUT2D eigenvalue weighted by Gasteiger charge is 2.21. The van der Waals surface area contributed by atoms with Gasteiger partial charge in [-0.1, -0.05) is 23.2 Å². The van der Waals surface area contributed by atoms with Crippen LogP contribution in [0.5, 0.6) is 0 Å². The second kappa shape index (κ2) is 8.46. The van der Waals surface area contributed by atoms with Crippen molar-refractivity contribution in [2.24, 2.45) is 0 Å². The van der Waals surface area contributed by atoms with E-state index in [1.54, 1.807) is 18.2 Å². The molecule has 1 aromatic heterocycles. The molecule has 26 heavy (non-hydrogen) atoms. The first kappa shape index (κ1) is 19.3. The van der Waals surface area contributed by atoms with Crippen LogP contribution in [0, 0.1) is 0 Å². The van der Waals surface area contributed by atoms with Gasteiger partial charge < -0.3 is 15.1 Å². The van der Waals surface area contributed by atoms with E-state index in [9.17, 15) is 0 Å². The first-order valence-corrected chi connectivity index (χ1v) is 9.43. The maximum atomic E-state index is 6.27. The molecule has 2 aromatic rings. The van der Waals surface area contributed by atoms with E-state index in [1.807, 2.05) is 0 Å². The average molecular weight is 416 g/mol. The van der Waals surface area contributed by atoms with E-state index < -0.39 is 0 Å². The van der Waals surface area contributed by atoms with Gasteiger partial charge in [0.1, 0.15) is 0 Å². The predicted octanol–water partition coefficient (Wildman–Crippen LogP) is 4.54. The van der Waals surface area contributed by atoms with Crippen molar-refractivity contribution in [2.75, 3.05) is 41.3 Å². The smallest absolute Gasteiger partial charge is 0.233 e. The fourth-order valence-corrected chi connectivity index (χ4v) is 3.58. The van der Waals surface area contributed by atoms with E-state index in [1.165, 1.54) is 25.7 Å². The molecule has 0 bridgehead atoms. The van der Waals surface area contributed by atoms with Gasteiger partial charge in [0.05, 0.1) is 10.7 Å². The van der Waals surface area contributed by atoms with E-state index in [2.05, 4.69) is 25.1 Å². The third-order valence-electron chi connectivity index (χ3n) is 4.56. The number of benzene rings is 1. The van der Waals surface area contributed by atoms with Crippen molar-refractivity contribution < 1.29 is 0 Å². The zero-order valence-electron chi connectivity index (χ0n) is 14.3. The molecule has 1 aromatic carbocycles. The summed E-state index contributed by atoms with van der Waals surface area (Å²) in [7, 11) is 0. The number of nitrogens with one attached hydrogen (secondary N) is 1. The summed E-state index contributed by atoms with van der Waals surface area (Å²) >= 11 is 12.4. The normalized spacial score (nSPS) is 16.7. The van der Waals surface area contributed by atoms with E-state index in [4.69, 9.17) is 28.2 Å². The molecule has 2 saturated heterocycles. The lowest BCUT2D eigenvalue weighted by molar-refractivity contribution is 0.841. The van der Waals surface area contributed by atoms with Crippen molar-refractivity contribution in [3.8, 4) is 0 Å². The van der Waals surface area contributed by atoms with Crippen LogP contribution in [0.4, 0.5) is 23.5 Å². The number of halogens is 3. The van der Waals surface area contributed by atoms with Crippen LogP contribution in [-0.4, -0.2) is 41.1 Å². The fourth-order valence-electron chi connectivity index (χ4n) is 3.24. The molecule has 6 nitrogen and oxygen atoms in total. The number of hydrogen-bond acceptors (Lipinski definition) is 6. The quantitative estimate of drug-likeness (QED) is 0.791. The summed E-state index contributed by atoms with van der Waals surface area (Å²) in [5, 5.41) is 4.40. The van der Waals surface area contributed by atoms with Gasteiger partial charge in [-0.15, -0.1) is 12.4 Å². The Balaban J connectivity index is 0.00000196. The lowest BCUT2D eigenvalue weighted by Crippen LogP contribution is -2.25. The molecule has 2 aliphatic heterocycles. The molecule has 2 fully saturated rings. The maximum Gasteiger partial charge on any atom is 0.233 e. The van der Waals surface area contributed by atoms with Crippen LogP contribution in [0.15, 0.2) is 18.2 Å². The van der Waals surface area contributed by atoms with E-state index in [0.29, 0.717) is 21.7 Å². The Hall–Kier alpha value is -1.50. The van der Waals surface area contributed by atoms with Crippen LogP contribution in [0.1, 0.15) is 25.7 Å². The van der Waals surface area contributed by atoms with E-state index in [-0.39, 0.29) is 12.4 Å². The van der Waals surface area contributed by atoms with E-state index in [0.717, 1.165) is 38.1 Å². The van der Waals surface area contributed by atoms with Crippen molar-refractivity contribution in [1.82, 2.24) is 15.0 Å². The van der Waals surface area contributed by atoms with Crippen LogP contribution >= 0.6 is 35.6 Å². The molecule has 0 spiro atoms. The minimum absolute atomic E-state index is 0. The summed E-state index contributed by atoms with van der Waals surface area (Å²) in [6.45, 7) is 3.95. The standard InChI is InChI=1S/C17H20Cl2N6.ClH/c18-12-5-6-13(19)14(11-12)20-15-21-16(24-7-1-2-8-24)23-17(22-15)25-9-3-4-10-25;/h5-6,11H,1-4,7-10H2,(H,20,21,22,23);1H. The predicted molar refractivity (Wildman–Crippen MR) is 110 cm³/mol. The lowest BCUT2D eigenvalue weighted by Gasteiger charge is -2.21. The molecule has 1 N–H and O–H groups in total. The third-order valence-corrected chi connectivity index (χ3v) is 5.13. The Labute approximate surface area is 169 Å². The highest BCUT2D eigenvalue weighted by atomic mass is 35.5. The van der Waals surface area contributed by atoms with Gasteiger partial charge in [0.2, 0.25) is 17.8 Å². The lowest BCUT2D eigenvalue weighted by atomic mass is 10.3. The van der Waals surface area contributed by atoms with Crippen LogP contribution in [0.3, 0.4) is 0 Å². The molecule has 2 aliphatic rings. The van der Waals surface area contributed by atoms with Gasteiger partial charge in [0.15, 0.2) is 0 Å². The fraction of sp³-hybridized carbons (Fsp3) is 0.471. The second-order valence-corrected chi connectivity index (χ2v) is 7.24. The molecule has 0 saturated carbocycles. The number of aromatic nitrogens is 3. The Kier molecular flexibility index (Phi) is 6.27. The summed E-state index contributed by atoms with van der Waals surface area (Å²) in [5.74, 6) is 1.97. The van der Waals surface area contributed by atoms with Crippen molar-refractivity contribution in [3.05, 3.63) is 28.2 Å². The molecule has 0 aliphatic carbocycles. The van der Waals surface area contributed by atoms with Crippen molar-refractivity contribution in [3.63, 3.8) is 0 Å². The molecule has 3 heterocycles. The summed E-state index contributed by atoms with van der Waals surface area (Å²) in [6, 6.07) is 5.29. The van der Waals surface area contributed by atoms with Crippen molar-refractivity contribution in [2.45, 2.75) is 25.7 Å². The molecule has 0 unspecified atom stereocenters. The minimum atomic E-state index is 0. The van der Waals surface area contributed by atoms with Crippen LogP contribution in [-0.2, 0) is 0 Å². The van der Waals surface area contributed by atoms with Gasteiger partial charge in [-0.3, -0.25) is 0 Å². The molecular weight excluding hydrogens is 395 g/mol. The monoisotopic (exact) mass is 414 g/mol. The largest absolute Gasteiger partial charge is 0.341 e. The van der Waals surface area contributed by atoms with Crippen LogP contribution in [0.25, 0.3) is 0 Å². The van der Waals surface area contributed by atoms with Crippen molar-refractivity contribution in [1.29, 1.82) is 0 Å². The molecule has 0 atom stereocenters. The summed E-state index contributed by atoms with van der Waals surface area (Å²) in [6.07, 6.45) is 4.70. The summed E-state index contributed by atoms with van der Waals surface area (Å²) in [4.78, 5) is 18.4. The summed E-state index contributed by atoms with van der Waals surface area (Å²) < 4.78 is 0. The molecule has 0 radical (unpaired) electrons. The second-order valence-electron chi connectivity index (χ2n) is 6.40. The van der Waals surface area contributed by atoms with Crippen LogP contribution < -0.4 is 15.1 Å². The third kappa shape index (κ3) is 4.24. The van der Waals surface area contributed by atoms with Gasteiger partial charge >= 0.3 is 0 Å². The molecule has 9 heteroatoms. The first-order valence-electron chi connectivity index (χ1n) is 8.67. The molecule has 4 rings (SSSR count). The number of anilines is 4. The minimum Gasteiger partial charge on any atom is -0.341 e. The zero-order chi connectivity index (χ0) is 17.2. The highest BCUT2D eigenvalue weighted by Crippen LogP contribution is 2.29. The Morgan fingerprint density at radius 2 is 1.35 bits per heavy atom. The van der Waals surface area contributed by atoms with Crippen LogP contribution in [0.2, 0.25) is 10.0 Å². The van der Waals surface area contributed by atoms with Gasteiger partial charge in [-0.05, 0) is 43.9 Å². The van der Waals surface area contributed by atoms with Gasteiger partial charge in [0.25, 0.3) is 0 Å². The van der Waals surface area contributed by atoms with Gasteiger partial charge in [-0.25, -0.2) is 0 Å². The Morgan fingerprint density at radius 3 is 1.88 bits per heavy atom. The maximum absolute atomic E-state index is 6.27. The summed E-state index contributed by atoms with van der Waals surface area (Å²) in [5.41, 5.74) is 0.695. The number of nitrogens with zero attached hydrogens (tertiary/aromatic N) is 5. The molecule has 0 amide bonds. The highest BCUT2D eigenvalue weighted by molar-refractivity contribution is 6.35. The van der Waals surface area contributed by atoms with Gasteiger partial charge in [-0.2, -0.15) is 15.0 Å². The molecular formula is C17H21Cl3N6. The zero-order valence-corrected chi connectivity index (χ0v) is 16.6. The first-order chi connectivity index (χ1) is 12.2. The average Bonchev–Trinajstić information content (AvgIpc) is 3.31. The number of rotatable bonds is 4. The van der Waals surface area contributed by atoms with Gasteiger partial charge in [0, 0.05) is 31.2 Å².